The van der Waals surface area contributed by atoms with Gasteiger partial charge < -0.3 is 53.6 Å². The highest BCUT2D eigenvalue weighted by atomic mass is 19.1. The van der Waals surface area contributed by atoms with Crippen LogP contribution < -0.4 is 76.6 Å². The summed E-state index contributed by atoms with van der Waals surface area (Å²) in [7, 11) is 0. The number of aromatic nitrogens is 6. The van der Waals surface area contributed by atoms with Gasteiger partial charge in [-0.3, -0.25) is 47.4 Å². The number of fused-ring (bicyclic) bond motifs is 4. The van der Waals surface area contributed by atoms with Gasteiger partial charge in [-0.2, -0.15) is 0 Å². The van der Waals surface area contributed by atoms with E-state index in [1.807, 2.05) is 0 Å². The van der Waals surface area contributed by atoms with Gasteiger partial charge in [0.05, 0.1) is 23.2 Å². The molecular formula is C58H44F2N14O16. The van der Waals surface area contributed by atoms with Crippen LogP contribution in [0.25, 0.3) is 11.6 Å². The van der Waals surface area contributed by atoms with Crippen molar-refractivity contribution in [3.63, 3.8) is 0 Å². The minimum atomic E-state index is -1.07. The number of nitrogens with one attached hydrogen (secondary N) is 6. The average molecular weight is 1230 g/mol. The third kappa shape index (κ3) is 11.5. The van der Waals surface area contributed by atoms with Crippen molar-refractivity contribution in [1.82, 2.24) is 50.3 Å². The van der Waals surface area contributed by atoms with Gasteiger partial charge in [-0.25, -0.2) is 46.7 Å². The minimum Gasteiger partial charge on any atom is -0.478 e. The van der Waals surface area contributed by atoms with Gasteiger partial charge >= 0.3 is 23.5 Å². The Morgan fingerprint density at radius 3 is 1.39 bits per heavy atom. The van der Waals surface area contributed by atoms with E-state index in [9.17, 15) is 76.5 Å². The molecule has 456 valence electrons. The second-order valence-corrected chi connectivity index (χ2v) is 20.6. The maximum Gasteiger partial charge on any atom is 0.448 e. The van der Waals surface area contributed by atoms with Crippen molar-refractivity contribution in [3.8, 4) is 0 Å². The van der Waals surface area contributed by atoms with Gasteiger partial charge in [0.15, 0.2) is 0 Å². The number of nitrogen functional groups attached to an aromatic ring is 2. The smallest absolute Gasteiger partial charge is 0.448 e. The highest BCUT2D eigenvalue weighted by Crippen LogP contribution is 2.34. The summed E-state index contributed by atoms with van der Waals surface area (Å²) in [6.07, 6.45) is 2.07. The molecule has 2 atom stereocenters. The van der Waals surface area contributed by atoms with Crippen LogP contribution in [0.3, 0.4) is 0 Å². The summed E-state index contributed by atoms with van der Waals surface area (Å²) < 4.78 is 39.7. The Hall–Kier alpha value is -12.4. The molecule has 10 aromatic rings. The van der Waals surface area contributed by atoms with E-state index in [4.69, 9.17) is 11.5 Å². The molecule has 2 aliphatic carbocycles. The van der Waals surface area contributed by atoms with Gasteiger partial charge in [0, 0.05) is 37.3 Å². The highest BCUT2D eigenvalue weighted by Gasteiger charge is 2.30. The van der Waals surface area contributed by atoms with Crippen molar-refractivity contribution >= 4 is 69.9 Å². The maximum atomic E-state index is 14.4. The molecule has 32 heteroatoms. The Kier molecular flexibility index (Phi) is 15.7. The number of aromatic carboxylic acids is 2. The lowest BCUT2D eigenvalue weighted by Gasteiger charge is -2.15. The Bertz CT molecular complexity index is 4980. The average Bonchev–Trinajstić information content (AvgIpc) is 1.73. The summed E-state index contributed by atoms with van der Waals surface area (Å²) in [5, 5.41) is 41.7. The lowest BCUT2D eigenvalue weighted by Crippen LogP contribution is -2.37. The fourth-order valence-corrected chi connectivity index (χ4v) is 10.4. The molecular weight excluding hydrogens is 1190 g/mol. The number of carbonyl (C=O) groups is 6. The van der Waals surface area contributed by atoms with Crippen LogP contribution in [0.1, 0.15) is 132 Å². The number of carboxylic acid groups (broad SMARTS) is 2. The number of nitrogens with two attached hydrogens (primary N) is 2. The molecule has 0 fully saturated rings. The topological polar surface area (TPSA) is 456 Å². The van der Waals surface area contributed by atoms with Crippen molar-refractivity contribution in [2.24, 2.45) is 0 Å². The van der Waals surface area contributed by atoms with Crippen LogP contribution in [0.15, 0.2) is 123 Å². The van der Waals surface area contributed by atoms with Crippen LogP contribution in [0, 0.1) is 11.6 Å². The summed E-state index contributed by atoms with van der Waals surface area (Å²) in [5.74, 6) is -8.92. The summed E-state index contributed by atoms with van der Waals surface area (Å²) in [5.41, 5.74) is 10.6. The molecule has 4 aromatic heterocycles. The fraction of sp³-hybridized carbons (Fsp3) is 0.172. The van der Waals surface area contributed by atoms with Crippen molar-refractivity contribution in [2.45, 2.75) is 63.9 Å². The first kappa shape index (κ1) is 59.4. The van der Waals surface area contributed by atoms with E-state index >= 15 is 0 Å². The lowest BCUT2D eigenvalue weighted by molar-refractivity contribution is 0.0686. The molecule has 0 aliphatic heterocycles. The van der Waals surface area contributed by atoms with Crippen LogP contribution in [-0.4, -0.2) is 74.9 Å². The zero-order chi connectivity index (χ0) is 64.0. The molecule has 90 heavy (non-hydrogen) atoms. The summed E-state index contributed by atoms with van der Waals surface area (Å²) in [6.45, 7) is -0.524. The molecule has 0 spiro atoms. The van der Waals surface area contributed by atoms with Gasteiger partial charge in [-0.1, -0.05) is 24.3 Å². The van der Waals surface area contributed by atoms with E-state index < -0.39 is 92.5 Å². The molecule has 4 amide bonds. The zero-order valence-corrected chi connectivity index (χ0v) is 46.1. The normalized spacial score (nSPS) is 13.9. The van der Waals surface area contributed by atoms with Crippen molar-refractivity contribution < 1.29 is 56.8 Å². The van der Waals surface area contributed by atoms with Crippen molar-refractivity contribution in [1.29, 1.82) is 0 Å². The number of carbonyl (C=O) groups excluding carboxylic acids is 4. The number of benzene rings is 4. The van der Waals surface area contributed by atoms with E-state index in [1.165, 1.54) is 42.5 Å². The predicted molar refractivity (Wildman–Crippen MR) is 308 cm³/mol. The molecule has 0 saturated heterocycles. The zero-order valence-electron chi connectivity index (χ0n) is 46.1. The molecule has 0 saturated carbocycles. The SMILES string of the molecule is Nc1c(NCc2cc(CNC(=O)c3cc(C(=O)N[C@H]4CCc5cc(C(=O)O)ccc54)n4c(=O)onc4n3)ccc2F)c(=O)c1=O.Nc1c(NCc2cc(CNC(=O)c3cc(C(=O)N[C@H]4CCc5cc(C(=O)O)ccc54)nc4noc(=O)n34)ccc2F)c(=O)c1=O. The molecule has 2 aliphatic rings. The number of rotatable bonds is 18. The molecule has 0 unspecified atom stereocenters. The fourth-order valence-electron chi connectivity index (χ4n) is 10.4. The van der Waals surface area contributed by atoms with Crippen molar-refractivity contribution in [2.75, 3.05) is 22.1 Å². The minimum absolute atomic E-state index is 0.0872. The Morgan fingerprint density at radius 2 is 0.944 bits per heavy atom. The highest BCUT2D eigenvalue weighted by molar-refractivity contribution is 5.99. The van der Waals surface area contributed by atoms with Crippen LogP contribution >= 0.6 is 0 Å². The number of aryl methyl sites for hydroxylation is 2. The largest absolute Gasteiger partial charge is 0.478 e. The third-order valence-corrected chi connectivity index (χ3v) is 15.1. The van der Waals surface area contributed by atoms with Crippen LogP contribution in [0.4, 0.5) is 31.5 Å². The Labute approximate surface area is 498 Å². The van der Waals surface area contributed by atoms with E-state index in [-0.39, 0.29) is 106 Å². The van der Waals surface area contributed by atoms with E-state index in [0.717, 1.165) is 49.3 Å². The molecule has 12 rings (SSSR count). The van der Waals surface area contributed by atoms with Gasteiger partial charge in [-0.05, 0) is 130 Å². The van der Waals surface area contributed by atoms with Crippen LogP contribution in [0.2, 0.25) is 0 Å². The number of carboxylic acids is 2. The Balaban J connectivity index is 0.000000185. The number of amides is 4. The first-order chi connectivity index (χ1) is 43.0. The maximum absolute atomic E-state index is 14.4. The van der Waals surface area contributed by atoms with Crippen LogP contribution in [0.5, 0.6) is 0 Å². The molecule has 4 heterocycles. The summed E-state index contributed by atoms with van der Waals surface area (Å²) in [4.78, 5) is 154. The number of halogens is 2. The first-order valence-corrected chi connectivity index (χ1v) is 26.9. The standard InChI is InChI=1S/2C29H22FN7O8/c30-17-5-1-12(7-15(17)11-32-22-21(31)23(38)24(22)39)10-33-26(41)20-9-19(35-28-36-45-29(44)37(20)28)25(40)34-18-6-3-13-8-14(27(42)43)2-4-16(13)18;30-17-5-1-12(7-15(17)11-32-22-21(31)23(38)24(22)39)10-33-25(40)19-9-20(37-28(35-19)36-45-29(37)44)26(41)34-18-6-3-13-8-14(27(42)43)2-4-16(13)18/h1-2,4-5,7-9,18,32H,3,6,10-11,31H2,(H,33,41)(H,34,40)(H,42,43);1-2,4-5,7-9,18,32H,3,6,10-11,31H2,(H,33,40)(H,34,41)(H,42,43)/t2*18-/m00/s1. The van der Waals surface area contributed by atoms with Crippen LogP contribution in [-0.2, 0) is 39.0 Å². The quantitative estimate of drug-likeness (QED) is 0.0541. The Morgan fingerprint density at radius 1 is 0.522 bits per heavy atom. The second-order valence-electron chi connectivity index (χ2n) is 20.6. The van der Waals surface area contributed by atoms with Gasteiger partial charge in [0.25, 0.3) is 56.9 Å². The second kappa shape index (κ2) is 23.8. The van der Waals surface area contributed by atoms with E-state index in [1.54, 1.807) is 24.3 Å². The third-order valence-electron chi connectivity index (χ3n) is 15.1. The monoisotopic (exact) mass is 1230 g/mol. The number of anilines is 4. The molecule has 12 N–H and O–H groups in total. The number of hydrogen-bond acceptors (Lipinski definition) is 22. The summed E-state index contributed by atoms with van der Waals surface area (Å²) >= 11 is 0. The number of nitrogens with zero attached hydrogens (tertiary/aromatic N) is 6. The predicted octanol–water partition coefficient (Wildman–Crippen LogP) is 1.31. The van der Waals surface area contributed by atoms with E-state index in [2.05, 4.69) is 61.2 Å². The van der Waals surface area contributed by atoms with Gasteiger partial charge in [-0.15, -0.1) is 0 Å². The molecule has 0 radical (unpaired) electrons. The van der Waals surface area contributed by atoms with Gasteiger partial charge in [0.1, 0.15) is 57.2 Å². The van der Waals surface area contributed by atoms with Gasteiger partial charge in [0.2, 0.25) is 0 Å². The molecule has 30 nitrogen and oxygen atoms in total. The molecule has 0 bridgehead atoms. The number of hydrogen-bond donors (Lipinski definition) is 10. The van der Waals surface area contributed by atoms with Crippen molar-refractivity contribution in [3.05, 3.63) is 237 Å². The lowest BCUT2D eigenvalue weighted by atomic mass is 10.0. The molecule has 6 aromatic carbocycles. The first-order valence-electron chi connectivity index (χ1n) is 26.9. The van der Waals surface area contributed by atoms with E-state index in [0.29, 0.717) is 36.8 Å². The summed E-state index contributed by atoms with van der Waals surface area (Å²) in [6, 6.07) is 18.6.